The molecule has 3 heteroatoms. The Labute approximate surface area is 80.0 Å². The fraction of sp³-hybridized carbons (Fsp3) is 1.00. The van der Waals surface area contributed by atoms with E-state index in [1.54, 1.807) is 0 Å². The Kier molecular flexibility index (Phi) is 2.58. The van der Waals surface area contributed by atoms with Crippen molar-refractivity contribution in [3.05, 3.63) is 0 Å². The molecule has 2 heterocycles. The minimum absolute atomic E-state index is 0.223. The Morgan fingerprint density at radius 3 is 2.62 bits per heavy atom. The van der Waals surface area contributed by atoms with Crippen LogP contribution in [0.1, 0.15) is 26.2 Å². The van der Waals surface area contributed by atoms with Gasteiger partial charge >= 0.3 is 0 Å². The van der Waals surface area contributed by atoms with Crippen molar-refractivity contribution in [3.8, 4) is 0 Å². The lowest BCUT2D eigenvalue weighted by atomic mass is 10.1. The second-order valence-electron chi connectivity index (χ2n) is 4.23. The van der Waals surface area contributed by atoms with Crippen LogP contribution in [-0.4, -0.2) is 43.5 Å². The van der Waals surface area contributed by atoms with Crippen molar-refractivity contribution in [1.29, 1.82) is 0 Å². The molecule has 0 bridgehead atoms. The zero-order valence-electron chi connectivity index (χ0n) is 8.58. The highest BCUT2D eigenvalue weighted by Gasteiger charge is 2.38. The van der Waals surface area contributed by atoms with E-state index in [0.29, 0.717) is 6.04 Å². The lowest BCUT2D eigenvalue weighted by Gasteiger charge is -2.25. The first-order chi connectivity index (χ1) is 6.22. The quantitative estimate of drug-likeness (QED) is 0.566. The lowest BCUT2D eigenvalue weighted by Crippen LogP contribution is -2.31. The molecule has 1 atom stereocenters. The Morgan fingerprint density at radius 2 is 1.92 bits per heavy atom. The summed E-state index contributed by atoms with van der Waals surface area (Å²) in [5, 5.41) is 0. The van der Waals surface area contributed by atoms with E-state index < -0.39 is 0 Å². The first-order valence-electron chi connectivity index (χ1n) is 5.20. The van der Waals surface area contributed by atoms with Gasteiger partial charge in [-0.2, -0.15) is 0 Å². The zero-order chi connectivity index (χ0) is 9.31. The molecule has 0 aliphatic carbocycles. The van der Waals surface area contributed by atoms with Crippen LogP contribution in [-0.2, 0) is 9.47 Å². The van der Waals surface area contributed by atoms with Crippen LogP contribution in [0.25, 0.3) is 0 Å². The largest absolute Gasteiger partial charge is 0.347 e. The van der Waals surface area contributed by atoms with Crippen molar-refractivity contribution in [1.82, 2.24) is 4.90 Å². The van der Waals surface area contributed by atoms with Gasteiger partial charge in [0.2, 0.25) is 0 Å². The van der Waals surface area contributed by atoms with Gasteiger partial charge in [0.15, 0.2) is 5.79 Å². The fourth-order valence-corrected chi connectivity index (χ4v) is 2.13. The summed E-state index contributed by atoms with van der Waals surface area (Å²) in [6.45, 7) is 4.91. The van der Waals surface area contributed by atoms with Crippen LogP contribution in [0.5, 0.6) is 0 Å². The summed E-state index contributed by atoms with van der Waals surface area (Å²) >= 11 is 0. The smallest absolute Gasteiger partial charge is 0.169 e. The molecule has 0 N–H and O–H groups in total. The van der Waals surface area contributed by atoms with Gasteiger partial charge in [0.1, 0.15) is 0 Å². The van der Waals surface area contributed by atoms with Gasteiger partial charge in [-0.15, -0.1) is 0 Å². The number of hydrogen-bond acceptors (Lipinski definition) is 3. The van der Waals surface area contributed by atoms with E-state index >= 15 is 0 Å². The number of ether oxygens (including phenoxy) is 2. The van der Waals surface area contributed by atoms with Gasteiger partial charge < -0.3 is 14.4 Å². The van der Waals surface area contributed by atoms with E-state index in [-0.39, 0.29) is 5.79 Å². The van der Waals surface area contributed by atoms with Crippen molar-refractivity contribution in [2.24, 2.45) is 0 Å². The van der Waals surface area contributed by atoms with Gasteiger partial charge in [0, 0.05) is 25.4 Å². The van der Waals surface area contributed by atoms with Crippen molar-refractivity contribution in [2.45, 2.75) is 38.0 Å². The molecule has 2 rings (SSSR count). The highest BCUT2D eigenvalue weighted by molar-refractivity contribution is 4.82. The molecule has 76 valence electrons. The highest BCUT2D eigenvalue weighted by atomic mass is 16.7. The van der Waals surface area contributed by atoms with Crippen LogP contribution in [0, 0.1) is 0 Å². The van der Waals surface area contributed by atoms with Gasteiger partial charge in [-0.25, -0.2) is 0 Å². The maximum Gasteiger partial charge on any atom is 0.169 e. The van der Waals surface area contributed by atoms with Crippen molar-refractivity contribution >= 4 is 0 Å². The Bertz CT molecular complexity index is 164. The Hall–Kier alpha value is -0.120. The predicted molar refractivity (Wildman–Crippen MR) is 50.6 cm³/mol. The van der Waals surface area contributed by atoms with Crippen molar-refractivity contribution < 1.29 is 9.47 Å². The summed E-state index contributed by atoms with van der Waals surface area (Å²) < 4.78 is 11.4. The average Bonchev–Trinajstić information content (AvgIpc) is 2.54. The van der Waals surface area contributed by atoms with E-state index in [9.17, 15) is 0 Å². The van der Waals surface area contributed by atoms with Crippen molar-refractivity contribution in [3.63, 3.8) is 0 Å². The minimum atomic E-state index is -0.223. The van der Waals surface area contributed by atoms with E-state index in [0.717, 1.165) is 32.6 Å². The normalized spacial score (nSPS) is 35.1. The molecule has 13 heavy (non-hydrogen) atoms. The third-order valence-electron chi connectivity index (χ3n) is 3.35. The number of nitrogens with zero attached hydrogens (tertiary/aromatic N) is 1. The van der Waals surface area contributed by atoms with Gasteiger partial charge in [0.25, 0.3) is 0 Å². The topological polar surface area (TPSA) is 21.7 Å². The Balaban J connectivity index is 2.00. The van der Waals surface area contributed by atoms with Gasteiger partial charge in [-0.3, -0.25) is 0 Å². The summed E-state index contributed by atoms with van der Waals surface area (Å²) in [7, 11) is 2.18. The molecule has 2 saturated heterocycles. The third-order valence-corrected chi connectivity index (χ3v) is 3.35. The van der Waals surface area contributed by atoms with E-state index in [1.165, 1.54) is 6.42 Å². The predicted octanol–water partition coefficient (Wildman–Crippen LogP) is 1.23. The molecule has 0 aromatic rings. The molecule has 2 aliphatic heterocycles. The van der Waals surface area contributed by atoms with E-state index in [1.807, 2.05) is 0 Å². The Morgan fingerprint density at radius 1 is 1.23 bits per heavy atom. The summed E-state index contributed by atoms with van der Waals surface area (Å²) in [6.07, 6.45) is 3.25. The fourth-order valence-electron chi connectivity index (χ4n) is 2.13. The third kappa shape index (κ3) is 1.87. The van der Waals surface area contributed by atoms with E-state index in [4.69, 9.17) is 9.47 Å². The molecule has 0 saturated carbocycles. The maximum atomic E-state index is 5.71. The molecule has 0 radical (unpaired) electrons. The van der Waals surface area contributed by atoms with Crippen LogP contribution in [0.4, 0.5) is 0 Å². The molecular weight excluding hydrogens is 166 g/mol. The molecule has 3 nitrogen and oxygen atoms in total. The first-order valence-corrected chi connectivity index (χ1v) is 5.20. The number of likely N-dealkylation sites (tertiary alicyclic amines) is 1. The van der Waals surface area contributed by atoms with Crippen LogP contribution in [0.3, 0.4) is 0 Å². The monoisotopic (exact) mass is 185 g/mol. The molecule has 2 aliphatic rings. The summed E-state index contributed by atoms with van der Waals surface area (Å²) in [4.78, 5) is 2.39. The molecule has 0 aromatic carbocycles. The second kappa shape index (κ2) is 3.56. The second-order valence-corrected chi connectivity index (χ2v) is 4.23. The number of rotatable bonds is 0. The molecule has 1 spiro atoms. The van der Waals surface area contributed by atoms with Crippen LogP contribution in [0.15, 0.2) is 0 Å². The van der Waals surface area contributed by atoms with Crippen LogP contribution in [0.2, 0.25) is 0 Å². The van der Waals surface area contributed by atoms with Gasteiger partial charge in [-0.05, 0) is 20.4 Å². The van der Waals surface area contributed by atoms with Crippen LogP contribution < -0.4 is 0 Å². The first kappa shape index (κ1) is 9.44. The lowest BCUT2D eigenvalue weighted by molar-refractivity contribution is -0.164. The summed E-state index contributed by atoms with van der Waals surface area (Å²) in [5.74, 6) is -0.223. The average molecular weight is 185 g/mol. The molecule has 0 aromatic heterocycles. The van der Waals surface area contributed by atoms with Crippen LogP contribution >= 0.6 is 0 Å². The summed E-state index contributed by atoms with van der Waals surface area (Å²) in [6, 6.07) is 0.659. The zero-order valence-corrected chi connectivity index (χ0v) is 8.58. The van der Waals surface area contributed by atoms with Gasteiger partial charge in [0.05, 0.1) is 13.2 Å². The molecule has 2 fully saturated rings. The highest BCUT2D eigenvalue weighted by Crippen LogP contribution is 2.32. The molecular formula is C10H19NO2. The maximum absolute atomic E-state index is 5.71. The van der Waals surface area contributed by atoms with E-state index in [2.05, 4.69) is 18.9 Å². The van der Waals surface area contributed by atoms with Crippen molar-refractivity contribution in [2.75, 3.05) is 26.8 Å². The molecule has 1 unspecified atom stereocenters. The minimum Gasteiger partial charge on any atom is -0.347 e. The summed E-state index contributed by atoms with van der Waals surface area (Å²) in [5.41, 5.74) is 0. The molecule has 0 amide bonds. The standard InChI is InChI=1S/C10H19NO2/c1-9-3-4-10(5-6-11(9)2)12-7-8-13-10/h9H,3-8H2,1-2H3. The SMILES string of the molecule is CC1CCC2(CCN1C)OCCO2. The number of hydrogen-bond donors (Lipinski definition) is 0. The van der Waals surface area contributed by atoms with Gasteiger partial charge in [-0.1, -0.05) is 0 Å².